The molecule has 0 saturated carbocycles. The van der Waals surface area contributed by atoms with Crippen molar-refractivity contribution in [2.45, 2.75) is 19.0 Å². The lowest BCUT2D eigenvalue weighted by Crippen LogP contribution is -2.71. The van der Waals surface area contributed by atoms with Gasteiger partial charge in [-0.05, 0) is 6.92 Å². The summed E-state index contributed by atoms with van der Waals surface area (Å²) >= 11 is 0. The standard InChI is InChI=1S/C14H17N7O8S/c1-6-10(15)12(25)21(6)13(26)18-30(28,29)20-3-2-19(14(20)27)17-11(24)7-4-8(22)9(23)5-16-7/h4-6,10,23H,2-3,15H2,1H3,(H,16,22)(H,17,24)(H,18,26). The van der Waals surface area contributed by atoms with Crippen LogP contribution >= 0.6 is 0 Å². The summed E-state index contributed by atoms with van der Waals surface area (Å²) in [5, 5.41) is 9.83. The van der Waals surface area contributed by atoms with Crippen LogP contribution in [-0.4, -0.2) is 81.8 Å². The van der Waals surface area contributed by atoms with Gasteiger partial charge < -0.3 is 15.8 Å². The lowest BCUT2D eigenvalue weighted by Gasteiger charge is -2.41. The van der Waals surface area contributed by atoms with E-state index in [-0.39, 0.29) is 12.2 Å². The molecule has 0 aliphatic carbocycles. The van der Waals surface area contributed by atoms with Crippen LogP contribution in [0.15, 0.2) is 17.1 Å². The van der Waals surface area contributed by atoms with Crippen molar-refractivity contribution in [2.75, 3.05) is 13.1 Å². The molecule has 1 aromatic rings. The zero-order valence-corrected chi connectivity index (χ0v) is 16.2. The van der Waals surface area contributed by atoms with Crippen molar-refractivity contribution in [1.29, 1.82) is 0 Å². The lowest BCUT2D eigenvalue weighted by atomic mass is 9.99. The van der Waals surface area contributed by atoms with Crippen LogP contribution in [0.5, 0.6) is 5.75 Å². The number of hydrazine groups is 1. The first kappa shape index (κ1) is 21.1. The van der Waals surface area contributed by atoms with Gasteiger partial charge in [-0.1, -0.05) is 0 Å². The van der Waals surface area contributed by atoms with Crippen LogP contribution in [0.2, 0.25) is 0 Å². The van der Waals surface area contributed by atoms with Crippen LogP contribution in [0.1, 0.15) is 17.4 Å². The summed E-state index contributed by atoms with van der Waals surface area (Å²) in [6.07, 6.45) is 0.874. The Morgan fingerprint density at radius 3 is 2.53 bits per heavy atom. The number of amides is 6. The number of carbonyl (C=O) groups is 4. The van der Waals surface area contributed by atoms with Gasteiger partial charge in [-0.25, -0.2) is 23.6 Å². The Bertz CT molecular complexity index is 1100. The molecule has 30 heavy (non-hydrogen) atoms. The zero-order valence-electron chi connectivity index (χ0n) is 15.4. The van der Waals surface area contributed by atoms with E-state index in [0.29, 0.717) is 14.2 Å². The largest absolute Gasteiger partial charge is 0.503 e. The number of H-pyrrole nitrogens is 1. The Balaban J connectivity index is 1.66. The molecule has 2 atom stereocenters. The number of nitrogens with zero attached hydrogens (tertiary/aromatic N) is 3. The number of hydrogen-bond donors (Lipinski definition) is 5. The molecular weight excluding hydrogens is 426 g/mol. The summed E-state index contributed by atoms with van der Waals surface area (Å²) in [4.78, 5) is 62.5. The highest BCUT2D eigenvalue weighted by molar-refractivity contribution is 7.88. The predicted molar refractivity (Wildman–Crippen MR) is 96.7 cm³/mol. The highest BCUT2D eigenvalue weighted by atomic mass is 32.2. The first-order valence-corrected chi connectivity index (χ1v) is 9.85. The Hall–Kier alpha value is -3.66. The molecular formula is C14H17N7O8S. The van der Waals surface area contributed by atoms with Gasteiger partial charge in [0, 0.05) is 12.3 Å². The third kappa shape index (κ3) is 3.52. The minimum absolute atomic E-state index is 0.258. The highest BCUT2D eigenvalue weighted by Gasteiger charge is 2.48. The van der Waals surface area contributed by atoms with Gasteiger partial charge in [0.2, 0.25) is 11.3 Å². The molecule has 2 fully saturated rings. The van der Waals surface area contributed by atoms with Crippen LogP contribution in [0, 0.1) is 0 Å². The van der Waals surface area contributed by atoms with Crippen molar-refractivity contribution < 1.29 is 32.7 Å². The van der Waals surface area contributed by atoms with E-state index >= 15 is 0 Å². The fourth-order valence-electron chi connectivity index (χ4n) is 2.77. The molecule has 6 amide bonds. The topological polar surface area (TPSA) is 215 Å². The third-order valence-electron chi connectivity index (χ3n) is 4.52. The summed E-state index contributed by atoms with van der Waals surface area (Å²) < 4.78 is 26.6. The first-order chi connectivity index (χ1) is 13.9. The molecule has 0 aromatic carbocycles. The van der Waals surface area contributed by atoms with E-state index in [9.17, 15) is 37.5 Å². The molecule has 2 aliphatic rings. The first-order valence-electron chi connectivity index (χ1n) is 8.41. The fraction of sp³-hybridized carbons (Fsp3) is 0.357. The number of aromatic amines is 1. The number of aromatic nitrogens is 1. The maximum atomic E-state index is 12.4. The molecule has 0 radical (unpaired) electrons. The van der Waals surface area contributed by atoms with Gasteiger partial charge >= 0.3 is 22.3 Å². The number of imide groups is 1. The number of rotatable bonds is 4. The maximum Gasteiger partial charge on any atom is 0.353 e. The summed E-state index contributed by atoms with van der Waals surface area (Å²) in [5.74, 6) is -2.33. The molecule has 2 unspecified atom stereocenters. The van der Waals surface area contributed by atoms with Crippen molar-refractivity contribution >= 4 is 34.1 Å². The van der Waals surface area contributed by atoms with E-state index < -0.39 is 63.9 Å². The second kappa shape index (κ2) is 7.30. The summed E-state index contributed by atoms with van der Waals surface area (Å²) in [6, 6.07) is -3.29. The number of likely N-dealkylation sites (tertiary alicyclic amines) is 1. The highest BCUT2D eigenvalue weighted by Crippen LogP contribution is 2.19. The number of nitrogens with one attached hydrogen (secondary N) is 3. The van der Waals surface area contributed by atoms with Crippen molar-refractivity contribution in [3.8, 4) is 5.75 Å². The summed E-state index contributed by atoms with van der Waals surface area (Å²) in [7, 11) is -4.67. The van der Waals surface area contributed by atoms with E-state index in [1.807, 2.05) is 0 Å². The van der Waals surface area contributed by atoms with Crippen LogP contribution in [0.4, 0.5) is 9.59 Å². The van der Waals surface area contributed by atoms with E-state index in [0.717, 1.165) is 12.3 Å². The van der Waals surface area contributed by atoms with Gasteiger partial charge in [-0.2, -0.15) is 8.42 Å². The predicted octanol–water partition coefficient (Wildman–Crippen LogP) is -3.02. The number of aromatic hydroxyl groups is 1. The summed E-state index contributed by atoms with van der Waals surface area (Å²) in [5.41, 5.74) is 6.44. The van der Waals surface area contributed by atoms with E-state index in [2.05, 4.69) is 10.4 Å². The molecule has 15 nitrogen and oxygen atoms in total. The van der Waals surface area contributed by atoms with Crippen LogP contribution < -0.4 is 21.3 Å². The molecule has 3 rings (SSSR count). The zero-order chi connectivity index (χ0) is 22.4. The molecule has 0 bridgehead atoms. The minimum atomic E-state index is -4.67. The molecule has 1 aromatic heterocycles. The second-order valence-corrected chi connectivity index (χ2v) is 8.03. The second-order valence-electron chi connectivity index (χ2n) is 6.43. The smallest absolute Gasteiger partial charge is 0.353 e. The Morgan fingerprint density at radius 1 is 1.27 bits per heavy atom. The van der Waals surface area contributed by atoms with Crippen molar-refractivity contribution in [3.05, 3.63) is 28.2 Å². The Labute approximate surface area is 168 Å². The number of urea groups is 2. The quantitative estimate of drug-likeness (QED) is 0.299. The van der Waals surface area contributed by atoms with E-state index in [1.165, 1.54) is 6.92 Å². The Morgan fingerprint density at radius 2 is 1.93 bits per heavy atom. The number of nitrogens with two attached hydrogens (primary N) is 1. The van der Waals surface area contributed by atoms with Gasteiger partial charge in [-0.3, -0.25) is 24.7 Å². The van der Waals surface area contributed by atoms with E-state index in [4.69, 9.17) is 5.73 Å². The molecule has 16 heteroatoms. The van der Waals surface area contributed by atoms with Crippen molar-refractivity contribution in [1.82, 2.24) is 29.3 Å². The number of pyridine rings is 1. The van der Waals surface area contributed by atoms with Crippen LogP contribution in [-0.2, 0) is 15.0 Å². The molecule has 2 saturated heterocycles. The Kier molecular flexibility index (Phi) is 5.13. The van der Waals surface area contributed by atoms with Gasteiger partial charge in [0.15, 0.2) is 5.75 Å². The monoisotopic (exact) mass is 443 g/mol. The number of carbonyl (C=O) groups excluding carboxylic acids is 4. The molecule has 2 aliphatic heterocycles. The van der Waals surface area contributed by atoms with Gasteiger partial charge in [0.25, 0.3) is 5.91 Å². The van der Waals surface area contributed by atoms with Crippen LogP contribution in [0.3, 0.4) is 0 Å². The van der Waals surface area contributed by atoms with Crippen molar-refractivity contribution in [3.63, 3.8) is 0 Å². The van der Waals surface area contributed by atoms with Gasteiger partial charge in [0.1, 0.15) is 11.7 Å². The molecule has 0 spiro atoms. The normalized spacial score (nSPS) is 21.5. The lowest BCUT2D eigenvalue weighted by molar-refractivity contribution is -0.142. The average Bonchev–Trinajstić information content (AvgIpc) is 3.04. The fourth-order valence-corrected chi connectivity index (χ4v) is 3.82. The summed E-state index contributed by atoms with van der Waals surface area (Å²) in [6.45, 7) is 0.785. The van der Waals surface area contributed by atoms with Crippen LogP contribution in [0.25, 0.3) is 0 Å². The number of β-lactam (4-membered cyclic amide) rings is 1. The van der Waals surface area contributed by atoms with Crippen molar-refractivity contribution in [2.24, 2.45) is 5.73 Å². The third-order valence-corrected chi connectivity index (χ3v) is 5.87. The van der Waals surface area contributed by atoms with E-state index in [1.54, 1.807) is 4.72 Å². The average molecular weight is 443 g/mol. The van der Waals surface area contributed by atoms with Gasteiger partial charge in [0.05, 0.1) is 19.1 Å². The molecule has 162 valence electrons. The minimum Gasteiger partial charge on any atom is -0.503 e. The SMILES string of the molecule is CC1C(N)C(=O)N1C(=O)NS(=O)(=O)N1CCN(NC(=O)c2cc(=O)c(O)c[nH]2)C1=O. The number of hydrogen-bond acceptors (Lipinski definition) is 9. The molecule has 6 N–H and O–H groups in total. The molecule has 3 heterocycles. The van der Waals surface area contributed by atoms with Gasteiger partial charge in [-0.15, -0.1) is 0 Å². The maximum absolute atomic E-state index is 12.4.